The molecule has 0 saturated carbocycles. The van der Waals surface area contributed by atoms with Gasteiger partial charge in [-0.2, -0.15) is 10.2 Å². The van der Waals surface area contributed by atoms with Gasteiger partial charge in [0.1, 0.15) is 0 Å². The van der Waals surface area contributed by atoms with Crippen LogP contribution in [-0.2, 0) is 7.05 Å². The highest BCUT2D eigenvalue weighted by Gasteiger charge is 2.19. The van der Waals surface area contributed by atoms with Crippen LogP contribution < -0.4 is 0 Å². The third kappa shape index (κ3) is 3.06. The van der Waals surface area contributed by atoms with Gasteiger partial charge in [-0.05, 0) is 26.8 Å². The molecule has 3 rings (SSSR count). The number of aliphatic hydroxyl groups excluding tert-OH is 1. The average molecular weight is 329 g/mol. The van der Waals surface area contributed by atoms with Crippen molar-refractivity contribution < 1.29 is 5.11 Å². The van der Waals surface area contributed by atoms with E-state index in [2.05, 4.69) is 21.2 Å². The fourth-order valence-corrected chi connectivity index (χ4v) is 3.06. The number of aromatic nitrogens is 5. The molecule has 3 aromatic rings. The molecule has 0 amide bonds. The molecule has 0 aliphatic carbocycles. The van der Waals surface area contributed by atoms with Crippen LogP contribution in [0.15, 0.2) is 12.3 Å². The van der Waals surface area contributed by atoms with Gasteiger partial charge < -0.3 is 5.11 Å². The van der Waals surface area contributed by atoms with Crippen molar-refractivity contribution in [1.82, 2.24) is 24.5 Å². The molecule has 0 bridgehead atoms. The molecule has 3 heterocycles. The number of nitrogens with zero attached hydrogens (tertiary/aromatic N) is 5. The van der Waals surface area contributed by atoms with E-state index in [9.17, 15) is 5.11 Å². The fourth-order valence-electron chi connectivity index (χ4n) is 3.06. The van der Waals surface area contributed by atoms with Gasteiger partial charge in [0.2, 0.25) is 0 Å². The Morgan fingerprint density at radius 2 is 1.79 bits per heavy atom. The maximum absolute atomic E-state index is 9.46. The lowest BCUT2D eigenvalue weighted by Crippen LogP contribution is -2.05. The molecule has 0 aromatic carbocycles. The quantitative estimate of drug-likeness (QED) is 0.801. The maximum Gasteiger partial charge on any atom is 0.181 e. The van der Waals surface area contributed by atoms with E-state index in [4.69, 9.17) is 0 Å². The summed E-state index contributed by atoms with van der Waals surface area (Å²) in [5.41, 5.74) is 5.69. The van der Waals surface area contributed by atoms with Crippen LogP contribution >= 0.6 is 0 Å². The molecule has 24 heavy (non-hydrogen) atoms. The molecule has 6 heteroatoms. The first-order valence-electron chi connectivity index (χ1n) is 8.40. The van der Waals surface area contributed by atoms with Gasteiger partial charge in [-0.15, -0.1) is 0 Å². The number of hydrogen-bond donors (Lipinski definition) is 1. The zero-order chi connectivity index (χ0) is 18.0. The van der Waals surface area contributed by atoms with Crippen molar-refractivity contribution in [2.45, 2.75) is 47.5 Å². The second-order valence-electron chi connectivity index (χ2n) is 5.89. The minimum Gasteiger partial charge on any atom is -0.396 e. The van der Waals surface area contributed by atoms with Crippen LogP contribution in [0.1, 0.15) is 49.3 Å². The van der Waals surface area contributed by atoms with Crippen molar-refractivity contribution in [2.75, 3.05) is 6.61 Å². The van der Waals surface area contributed by atoms with Crippen molar-refractivity contribution in [3.63, 3.8) is 0 Å². The van der Waals surface area contributed by atoms with E-state index in [0.29, 0.717) is 0 Å². The third-order valence-corrected chi connectivity index (χ3v) is 4.12. The smallest absolute Gasteiger partial charge is 0.181 e. The molecule has 1 unspecified atom stereocenters. The van der Waals surface area contributed by atoms with E-state index in [0.717, 1.165) is 39.4 Å². The molecule has 1 N–H and O–H groups in total. The van der Waals surface area contributed by atoms with Crippen LogP contribution in [0.3, 0.4) is 0 Å². The van der Waals surface area contributed by atoms with Crippen LogP contribution in [0.5, 0.6) is 0 Å². The Kier molecular flexibility index (Phi) is 5.39. The number of fused-ring (bicyclic) bond motifs is 1. The highest BCUT2D eigenvalue weighted by atomic mass is 16.3. The first kappa shape index (κ1) is 18.1. The number of aryl methyl sites for hydroxylation is 3. The Morgan fingerprint density at radius 3 is 2.42 bits per heavy atom. The molecule has 0 fully saturated rings. The molecule has 0 saturated heterocycles. The van der Waals surface area contributed by atoms with Crippen LogP contribution in [0.2, 0.25) is 0 Å². The van der Waals surface area contributed by atoms with Crippen molar-refractivity contribution in [3.05, 3.63) is 34.9 Å². The lowest BCUT2D eigenvalue weighted by molar-refractivity contribution is 0.272. The van der Waals surface area contributed by atoms with Gasteiger partial charge >= 0.3 is 0 Å². The van der Waals surface area contributed by atoms with Crippen molar-refractivity contribution in [3.8, 4) is 5.69 Å². The van der Waals surface area contributed by atoms with Gasteiger partial charge in [0.25, 0.3) is 0 Å². The van der Waals surface area contributed by atoms with Crippen molar-refractivity contribution >= 4 is 11.0 Å². The Labute approximate surface area is 143 Å². The van der Waals surface area contributed by atoms with E-state index < -0.39 is 0 Å². The SMILES string of the molecule is CC.Cc1nc2nn(C)cc2cc1-n1nc(C)c(C(C)CO)c1C. The zero-order valence-electron chi connectivity index (χ0n) is 15.6. The van der Waals surface area contributed by atoms with E-state index in [1.54, 1.807) is 4.68 Å². The topological polar surface area (TPSA) is 68.8 Å². The van der Waals surface area contributed by atoms with Crippen LogP contribution in [0.4, 0.5) is 0 Å². The molecule has 0 radical (unpaired) electrons. The Morgan fingerprint density at radius 1 is 1.12 bits per heavy atom. The third-order valence-electron chi connectivity index (χ3n) is 4.12. The molecule has 0 aliphatic heterocycles. The summed E-state index contributed by atoms with van der Waals surface area (Å²) in [6, 6.07) is 2.07. The number of hydrogen-bond acceptors (Lipinski definition) is 4. The number of rotatable bonds is 3. The van der Waals surface area contributed by atoms with E-state index >= 15 is 0 Å². The minimum atomic E-state index is 0.0733. The van der Waals surface area contributed by atoms with Crippen LogP contribution in [0.25, 0.3) is 16.7 Å². The van der Waals surface area contributed by atoms with Crippen molar-refractivity contribution in [1.29, 1.82) is 0 Å². The first-order valence-corrected chi connectivity index (χ1v) is 8.40. The van der Waals surface area contributed by atoms with Gasteiger partial charge in [0.15, 0.2) is 5.65 Å². The predicted molar refractivity (Wildman–Crippen MR) is 96.7 cm³/mol. The fraction of sp³-hybridized carbons (Fsp3) is 0.500. The first-order chi connectivity index (χ1) is 11.4. The van der Waals surface area contributed by atoms with Crippen LogP contribution in [-0.4, -0.2) is 36.3 Å². The van der Waals surface area contributed by atoms with Gasteiger partial charge in [0, 0.05) is 42.4 Å². The normalized spacial score (nSPS) is 12.2. The van der Waals surface area contributed by atoms with E-state index in [-0.39, 0.29) is 12.5 Å². The Bertz CT molecular complexity index is 847. The second kappa shape index (κ2) is 7.13. The number of pyridine rings is 1. The molecule has 1 atom stereocenters. The standard InChI is InChI=1S/C16H21N5O.C2H6/c1-9(8-22)15-11(3)18-21(12(15)4)14-6-13-7-20(5)19-16(13)17-10(14)2;1-2/h6-7,9,22H,8H2,1-5H3;1-2H3. The summed E-state index contributed by atoms with van der Waals surface area (Å²) < 4.78 is 3.69. The Hall–Kier alpha value is -2.21. The molecule has 130 valence electrons. The minimum absolute atomic E-state index is 0.0733. The van der Waals surface area contributed by atoms with Gasteiger partial charge in [-0.1, -0.05) is 20.8 Å². The largest absolute Gasteiger partial charge is 0.396 e. The summed E-state index contributed by atoms with van der Waals surface area (Å²) in [6.45, 7) is 12.1. The molecule has 0 spiro atoms. The molecular weight excluding hydrogens is 302 g/mol. The highest BCUT2D eigenvalue weighted by Crippen LogP contribution is 2.27. The predicted octanol–water partition coefficient (Wildman–Crippen LogP) is 3.20. The molecule has 6 nitrogen and oxygen atoms in total. The summed E-state index contributed by atoms with van der Waals surface area (Å²) in [5.74, 6) is 0.0733. The highest BCUT2D eigenvalue weighted by molar-refractivity contribution is 5.77. The summed E-state index contributed by atoms with van der Waals surface area (Å²) in [7, 11) is 1.89. The summed E-state index contributed by atoms with van der Waals surface area (Å²) in [5, 5.41) is 19.4. The van der Waals surface area contributed by atoms with Gasteiger partial charge in [-0.25, -0.2) is 9.67 Å². The summed E-state index contributed by atoms with van der Waals surface area (Å²) in [6.07, 6.45) is 1.95. The van der Waals surface area contributed by atoms with Gasteiger partial charge in [-0.3, -0.25) is 4.68 Å². The van der Waals surface area contributed by atoms with Crippen molar-refractivity contribution in [2.24, 2.45) is 7.05 Å². The summed E-state index contributed by atoms with van der Waals surface area (Å²) in [4.78, 5) is 4.58. The summed E-state index contributed by atoms with van der Waals surface area (Å²) >= 11 is 0. The second-order valence-corrected chi connectivity index (χ2v) is 5.89. The van der Waals surface area contributed by atoms with Gasteiger partial charge in [0.05, 0.1) is 17.1 Å². The molecule has 0 aliphatic rings. The number of aliphatic hydroxyl groups is 1. The molecular formula is C18H27N5O. The lowest BCUT2D eigenvalue weighted by atomic mass is 10.0. The van der Waals surface area contributed by atoms with E-state index in [1.165, 1.54) is 0 Å². The molecule has 3 aromatic heterocycles. The van der Waals surface area contributed by atoms with Crippen LogP contribution in [0, 0.1) is 20.8 Å². The average Bonchev–Trinajstić information content (AvgIpc) is 3.06. The Balaban J connectivity index is 0.00000100. The monoisotopic (exact) mass is 329 g/mol. The van der Waals surface area contributed by atoms with E-state index in [1.807, 2.05) is 59.5 Å². The zero-order valence-corrected chi connectivity index (χ0v) is 15.6. The lowest BCUT2D eigenvalue weighted by Gasteiger charge is -2.10. The maximum atomic E-state index is 9.46.